The van der Waals surface area contributed by atoms with Gasteiger partial charge in [0, 0.05) is 6.20 Å². The molecule has 1 aromatic heterocycles. The van der Waals surface area contributed by atoms with E-state index in [0.29, 0.717) is 17.7 Å². The molecule has 4 nitrogen and oxygen atoms in total. The van der Waals surface area contributed by atoms with E-state index in [-0.39, 0.29) is 24.1 Å². The summed E-state index contributed by atoms with van der Waals surface area (Å²) in [6, 6.07) is 16.5. The van der Waals surface area contributed by atoms with Crippen molar-refractivity contribution in [1.82, 2.24) is 4.98 Å². The van der Waals surface area contributed by atoms with Crippen molar-refractivity contribution < 1.29 is 28.1 Å². The van der Waals surface area contributed by atoms with E-state index < -0.39 is 18.0 Å². The third-order valence-corrected chi connectivity index (χ3v) is 5.99. The number of ether oxygens (including phenoxy) is 1. The zero-order chi connectivity index (χ0) is 22.7. The molecular formula is C25H24F3NO3. The predicted molar refractivity (Wildman–Crippen MR) is 113 cm³/mol. The first-order chi connectivity index (χ1) is 15.3. The minimum atomic E-state index is -4.45. The zero-order valence-corrected chi connectivity index (χ0v) is 17.3. The molecule has 2 unspecified atom stereocenters. The van der Waals surface area contributed by atoms with Gasteiger partial charge in [-0.1, -0.05) is 36.8 Å². The number of alkyl halides is 3. The minimum Gasteiger partial charge on any atom is -0.489 e. The molecule has 0 saturated heterocycles. The maximum absolute atomic E-state index is 13.5. The van der Waals surface area contributed by atoms with Gasteiger partial charge in [0.15, 0.2) is 6.29 Å². The predicted octanol–water partition coefficient (Wildman–Crippen LogP) is 5.71. The molecule has 0 spiro atoms. The van der Waals surface area contributed by atoms with Gasteiger partial charge in [-0.2, -0.15) is 13.2 Å². The van der Waals surface area contributed by atoms with E-state index in [1.165, 1.54) is 18.3 Å². The van der Waals surface area contributed by atoms with Crippen LogP contribution >= 0.6 is 0 Å². The third kappa shape index (κ3) is 4.95. The Morgan fingerprint density at radius 1 is 0.969 bits per heavy atom. The number of rotatable bonds is 6. The first kappa shape index (κ1) is 22.3. The smallest absolute Gasteiger partial charge is 0.416 e. The van der Waals surface area contributed by atoms with Gasteiger partial charge in [-0.25, -0.2) is 0 Å². The Labute approximate surface area is 184 Å². The number of pyridine rings is 1. The van der Waals surface area contributed by atoms with Crippen LogP contribution in [0.15, 0.2) is 66.9 Å². The van der Waals surface area contributed by atoms with Crippen molar-refractivity contribution in [2.45, 2.75) is 50.2 Å². The molecule has 4 rings (SSSR count). The van der Waals surface area contributed by atoms with Gasteiger partial charge in [-0.3, -0.25) is 4.98 Å². The van der Waals surface area contributed by atoms with Gasteiger partial charge in [-0.15, -0.1) is 0 Å². The van der Waals surface area contributed by atoms with Crippen molar-refractivity contribution in [2.75, 3.05) is 0 Å². The van der Waals surface area contributed by atoms with Crippen LogP contribution in [-0.2, 0) is 12.8 Å². The highest BCUT2D eigenvalue weighted by molar-refractivity contribution is 5.44. The zero-order valence-electron chi connectivity index (χ0n) is 17.3. The molecule has 0 aliphatic heterocycles. The molecular weight excluding hydrogens is 419 g/mol. The fourth-order valence-electron chi connectivity index (χ4n) is 4.45. The van der Waals surface area contributed by atoms with Crippen LogP contribution in [0.2, 0.25) is 0 Å². The van der Waals surface area contributed by atoms with E-state index in [2.05, 4.69) is 4.98 Å². The molecule has 32 heavy (non-hydrogen) atoms. The summed E-state index contributed by atoms with van der Waals surface area (Å²) in [5.74, 6) is 0.183. The van der Waals surface area contributed by atoms with E-state index in [1.807, 2.05) is 30.3 Å². The summed E-state index contributed by atoms with van der Waals surface area (Å²) >= 11 is 0. The fourth-order valence-corrected chi connectivity index (χ4v) is 4.45. The lowest BCUT2D eigenvalue weighted by Gasteiger charge is -2.24. The molecule has 7 heteroatoms. The second kappa shape index (κ2) is 9.30. The highest BCUT2D eigenvalue weighted by atomic mass is 19.4. The van der Waals surface area contributed by atoms with Gasteiger partial charge in [-0.05, 0) is 71.7 Å². The lowest BCUT2D eigenvalue weighted by atomic mass is 9.83. The molecule has 2 aromatic carbocycles. The molecule has 0 radical (unpaired) electrons. The summed E-state index contributed by atoms with van der Waals surface area (Å²) in [6.07, 6.45) is -2.31. The number of hydrogen-bond donors (Lipinski definition) is 2. The molecule has 1 heterocycles. The number of hydrogen-bond acceptors (Lipinski definition) is 4. The second-order valence-corrected chi connectivity index (χ2v) is 8.06. The van der Waals surface area contributed by atoms with Crippen molar-refractivity contribution in [2.24, 2.45) is 0 Å². The summed E-state index contributed by atoms with van der Waals surface area (Å²) in [4.78, 5) is 3.96. The molecule has 1 aliphatic rings. The molecule has 2 N–H and O–H groups in total. The van der Waals surface area contributed by atoms with Crippen LogP contribution in [0.25, 0.3) is 0 Å². The normalized spacial score (nSPS) is 18.8. The largest absolute Gasteiger partial charge is 0.489 e. The minimum absolute atomic E-state index is 0.0712. The Balaban J connectivity index is 1.69. The first-order valence-corrected chi connectivity index (χ1v) is 10.5. The van der Waals surface area contributed by atoms with Gasteiger partial charge in [0.05, 0.1) is 11.3 Å². The number of nitrogens with zero attached hydrogens (tertiary/aromatic N) is 1. The van der Waals surface area contributed by atoms with E-state index in [1.54, 1.807) is 12.1 Å². The summed E-state index contributed by atoms with van der Waals surface area (Å²) in [6.45, 7) is 0.257. The first-order valence-electron chi connectivity index (χ1n) is 10.5. The van der Waals surface area contributed by atoms with E-state index in [9.17, 15) is 23.4 Å². The maximum Gasteiger partial charge on any atom is 0.416 e. The Morgan fingerprint density at radius 3 is 2.44 bits per heavy atom. The van der Waals surface area contributed by atoms with Gasteiger partial charge in [0.2, 0.25) is 0 Å². The summed E-state index contributed by atoms with van der Waals surface area (Å²) in [7, 11) is 0. The van der Waals surface area contributed by atoms with Crippen molar-refractivity contribution in [3.63, 3.8) is 0 Å². The Kier molecular flexibility index (Phi) is 6.48. The lowest BCUT2D eigenvalue weighted by molar-refractivity contribution is -0.137. The van der Waals surface area contributed by atoms with Crippen LogP contribution in [0.5, 0.6) is 5.75 Å². The number of halogens is 3. The Bertz CT molecular complexity index is 1050. The monoisotopic (exact) mass is 443 g/mol. The number of aromatic nitrogens is 1. The maximum atomic E-state index is 13.5. The summed E-state index contributed by atoms with van der Waals surface area (Å²) in [5.41, 5.74) is 1.71. The highest BCUT2D eigenvalue weighted by Crippen LogP contribution is 2.49. The van der Waals surface area contributed by atoms with Gasteiger partial charge in [0.1, 0.15) is 12.4 Å². The van der Waals surface area contributed by atoms with Crippen molar-refractivity contribution in [3.05, 3.63) is 94.8 Å². The molecule has 3 aromatic rings. The van der Waals surface area contributed by atoms with Crippen LogP contribution in [0.1, 0.15) is 65.3 Å². The van der Waals surface area contributed by atoms with E-state index >= 15 is 0 Å². The highest BCUT2D eigenvalue weighted by Gasteiger charge is 2.36. The van der Waals surface area contributed by atoms with Gasteiger partial charge < -0.3 is 14.9 Å². The Morgan fingerprint density at radius 2 is 1.72 bits per heavy atom. The molecule has 1 aliphatic carbocycles. The third-order valence-electron chi connectivity index (χ3n) is 5.99. The van der Waals surface area contributed by atoms with Crippen molar-refractivity contribution >= 4 is 0 Å². The molecule has 1 fully saturated rings. The van der Waals surface area contributed by atoms with Gasteiger partial charge >= 0.3 is 6.18 Å². The van der Waals surface area contributed by atoms with Crippen LogP contribution in [0.3, 0.4) is 0 Å². The number of benzene rings is 2. The fraction of sp³-hybridized carbons (Fsp3) is 0.320. The standard InChI is InChI=1S/C25H24F3NO3/c26-25(27,28)18-9-10-23(32-15-16-5-2-1-3-6-16)21(14-18)20-8-4-7-19(20)17-11-12-29-22(13-17)24(30)31/h1-3,5-6,9-14,19-20,24,30-31H,4,7-8,15H2. The SMILES string of the molecule is OC(O)c1cc(C2CCCC2c2cc(C(F)(F)F)ccc2OCc2ccccc2)ccn1. The van der Waals surface area contributed by atoms with Crippen LogP contribution in [0, 0.1) is 0 Å². The van der Waals surface area contributed by atoms with E-state index in [4.69, 9.17) is 4.74 Å². The topological polar surface area (TPSA) is 62.6 Å². The molecule has 0 bridgehead atoms. The molecule has 168 valence electrons. The lowest BCUT2D eigenvalue weighted by Crippen LogP contribution is -2.12. The average Bonchev–Trinajstić information content (AvgIpc) is 3.27. The van der Waals surface area contributed by atoms with Crippen molar-refractivity contribution in [3.8, 4) is 5.75 Å². The summed E-state index contributed by atoms with van der Waals surface area (Å²) in [5, 5.41) is 18.9. The number of aliphatic hydroxyl groups is 2. The van der Waals surface area contributed by atoms with Crippen LogP contribution < -0.4 is 4.74 Å². The summed E-state index contributed by atoms with van der Waals surface area (Å²) < 4.78 is 46.5. The van der Waals surface area contributed by atoms with Crippen molar-refractivity contribution in [1.29, 1.82) is 0 Å². The molecule has 0 amide bonds. The molecule has 2 atom stereocenters. The molecule has 1 saturated carbocycles. The average molecular weight is 443 g/mol. The van der Waals surface area contributed by atoms with E-state index in [0.717, 1.165) is 30.0 Å². The quantitative estimate of drug-likeness (QED) is 0.479. The van der Waals surface area contributed by atoms with Gasteiger partial charge in [0.25, 0.3) is 0 Å². The van der Waals surface area contributed by atoms with Crippen LogP contribution in [-0.4, -0.2) is 15.2 Å². The van der Waals surface area contributed by atoms with Crippen LogP contribution in [0.4, 0.5) is 13.2 Å². The Hall–Kier alpha value is -2.90. The second-order valence-electron chi connectivity index (χ2n) is 8.06. The number of aliphatic hydroxyl groups excluding tert-OH is 1.